The monoisotopic (exact) mass is 497 g/mol. The smallest absolute Gasteiger partial charge is 0.240 e. The van der Waals surface area contributed by atoms with Crippen LogP contribution in [-0.4, -0.2) is 41.9 Å². The lowest BCUT2D eigenvalue weighted by Crippen LogP contribution is -2.20. The number of amides is 1. The minimum absolute atomic E-state index is 0.0529. The number of carbonyl (C=O) groups is 1. The molecule has 2 heterocycles. The van der Waals surface area contributed by atoms with Crippen molar-refractivity contribution < 1.29 is 17.6 Å². The van der Waals surface area contributed by atoms with Crippen molar-refractivity contribution in [3.8, 4) is 17.1 Å². The summed E-state index contributed by atoms with van der Waals surface area (Å²) in [6, 6.07) is 16.2. The first-order chi connectivity index (χ1) is 16.3. The first-order valence-electron chi connectivity index (χ1n) is 10.3. The molecule has 0 atom stereocenters. The topological polar surface area (TPSA) is 119 Å². The molecule has 0 saturated carbocycles. The molecule has 2 aromatic heterocycles. The van der Waals surface area contributed by atoms with Gasteiger partial charge in [-0.15, -0.1) is 10.2 Å². The Morgan fingerprint density at radius 3 is 2.53 bits per heavy atom. The number of furan rings is 1. The molecule has 0 saturated heterocycles. The lowest BCUT2D eigenvalue weighted by Gasteiger charge is -2.11. The Morgan fingerprint density at radius 2 is 1.85 bits per heavy atom. The average molecular weight is 498 g/mol. The van der Waals surface area contributed by atoms with Crippen molar-refractivity contribution in [3.63, 3.8) is 0 Å². The molecule has 2 N–H and O–H groups in total. The molecule has 0 fully saturated rings. The third-order valence-electron chi connectivity index (χ3n) is 5.11. The number of hydrogen-bond donors (Lipinski definition) is 2. The van der Waals surface area contributed by atoms with Gasteiger partial charge < -0.3 is 9.73 Å². The van der Waals surface area contributed by atoms with Crippen LogP contribution in [-0.2, 0) is 14.8 Å². The number of carbonyl (C=O) groups excluding carboxylic acids is 1. The van der Waals surface area contributed by atoms with E-state index in [1.165, 1.54) is 24.9 Å². The van der Waals surface area contributed by atoms with E-state index in [2.05, 4.69) is 20.2 Å². The quantitative estimate of drug-likeness (QED) is 0.356. The second kappa shape index (κ2) is 9.84. The van der Waals surface area contributed by atoms with Crippen molar-refractivity contribution in [1.82, 2.24) is 19.5 Å². The molecule has 34 heavy (non-hydrogen) atoms. The Labute approximate surface area is 201 Å². The second-order valence-electron chi connectivity index (χ2n) is 7.39. The van der Waals surface area contributed by atoms with E-state index >= 15 is 0 Å². The van der Waals surface area contributed by atoms with Crippen LogP contribution in [0.25, 0.3) is 17.1 Å². The van der Waals surface area contributed by atoms with Crippen LogP contribution in [0.3, 0.4) is 0 Å². The maximum atomic E-state index is 12.7. The molecule has 1 amide bonds. The van der Waals surface area contributed by atoms with E-state index in [-0.39, 0.29) is 16.6 Å². The first-order valence-corrected chi connectivity index (χ1v) is 12.8. The molecule has 9 nitrogen and oxygen atoms in total. The van der Waals surface area contributed by atoms with Gasteiger partial charge >= 0.3 is 0 Å². The van der Waals surface area contributed by atoms with Crippen molar-refractivity contribution in [2.75, 3.05) is 18.1 Å². The van der Waals surface area contributed by atoms with Crippen LogP contribution in [0.4, 0.5) is 5.69 Å². The van der Waals surface area contributed by atoms with Crippen LogP contribution < -0.4 is 10.0 Å². The molecule has 176 valence electrons. The highest BCUT2D eigenvalue weighted by Gasteiger charge is 2.20. The Bertz CT molecular complexity index is 1430. The predicted molar refractivity (Wildman–Crippen MR) is 131 cm³/mol. The molecule has 2 aromatic carbocycles. The van der Waals surface area contributed by atoms with E-state index in [0.29, 0.717) is 28.0 Å². The summed E-state index contributed by atoms with van der Waals surface area (Å²) < 4.78 is 34.0. The standard InChI is InChI=1S/C23H23N5O4S2/c1-15-9-10-17(13-20(15)34(30,31)24-3)25-21(29)14-33-23-27-26-22(19-11-12-32-16(19)2)28(23)18-7-5-4-6-8-18/h4-13,24H,14H2,1-3H3,(H,25,29). The van der Waals surface area contributed by atoms with Crippen molar-refractivity contribution in [2.24, 2.45) is 0 Å². The number of nitrogens with zero attached hydrogens (tertiary/aromatic N) is 3. The number of anilines is 1. The molecule has 0 bridgehead atoms. The minimum Gasteiger partial charge on any atom is -0.469 e. The molecule has 11 heteroatoms. The van der Waals surface area contributed by atoms with Gasteiger partial charge in [-0.1, -0.05) is 36.0 Å². The van der Waals surface area contributed by atoms with Gasteiger partial charge in [0.2, 0.25) is 15.9 Å². The summed E-state index contributed by atoms with van der Waals surface area (Å²) in [5.74, 6) is 1.08. The largest absolute Gasteiger partial charge is 0.469 e. The van der Waals surface area contributed by atoms with Gasteiger partial charge in [-0.05, 0) is 56.8 Å². The second-order valence-corrected chi connectivity index (χ2v) is 10.2. The van der Waals surface area contributed by atoms with Crippen molar-refractivity contribution in [1.29, 1.82) is 0 Å². The highest BCUT2D eigenvalue weighted by atomic mass is 32.2. The summed E-state index contributed by atoms with van der Waals surface area (Å²) in [7, 11) is -2.29. The summed E-state index contributed by atoms with van der Waals surface area (Å²) in [6.07, 6.45) is 1.60. The van der Waals surface area contributed by atoms with Crippen molar-refractivity contribution in [3.05, 3.63) is 72.2 Å². The van der Waals surface area contributed by atoms with Crippen molar-refractivity contribution >= 4 is 33.4 Å². The average Bonchev–Trinajstić information content (AvgIpc) is 3.45. The Kier molecular flexibility index (Phi) is 6.87. The molecule has 0 radical (unpaired) electrons. The van der Waals surface area contributed by atoms with E-state index in [4.69, 9.17) is 4.42 Å². The zero-order valence-corrected chi connectivity index (χ0v) is 20.4. The number of hydrogen-bond acceptors (Lipinski definition) is 7. The van der Waals surface area contributed by atoms with E-state index in [1.54, 1.807) is 25.3 Å². The third kappa shape index (κ3) is 4.91. The normalized spacial score (nSPS) is 11.5. The van der Waals surface area contributed by atoms with E-state index < -0.39 is 10.0 Å². The number of rotatable bonds is 8. The van der Waals surface area contributed by atoms with Crippen LogP contribution in [0.2, 0.25) is 0 Å². The van der Waals surface area contributed by atoms with Gasteiger partial charge in [-0.25, -0.2) is 13.1 Å². The predicted octanol–water partition coefficient (Wildman–Crippen LogP) is 3.78. The number of aryl methyl sites for hydroxylation is 2. The van der Waals surface area contributed by atoms with E-state index in [9.17, 15) is 13.2 Å². The molecule has 0 spiro atoms. The fourth-order valence-corrected chi connectivity index (χ4v) is 5.11. The first kappa shape index (κ1) is 23.7. The Morgan fingerprint density at radius 1 is 1.09 bits per heavy atom. The van der Waals surface area contributed by atoms with Crippen LogP contribution in [0, 0.1) is 13.8 Å². The maximum absolute atomic E-state index is 12.7. The van der Waals surface area contributed by atoms with Gasteiger partial charge in [-0.3, -0.25) is 9.36 Å². The summed E-state index contributed by atoms with van der Waals surface area (Å²) >= 11 is 1.23. The summed E-state index contributed by atoms with van der Waals surface area (Å²) in [4.78, 5) is 12.8. The van der Waals surface area contributed by atoms with Gasteiger partial charge in [-0.2, -0.15) is 0 Å². The number of thioether (sulfide) groups is 1. The summed E-state index contributed by atoms with van der Waals surface area (Å²) in [5.41, 5.74) is 2.64. The zero-order chi connectivity index (χ0) is 24.3. The molecule has 4 aromatic rings. The molecule has 4 rings (SSSR count). The SMILES string of the molecule is CNS(=O)(=O)c1cc(NC(=O)CSc2nnc(-c3ccoc3C)n2-c2ccccc2)ccc1C. The molecular weight excluding hydrogens is 474 g/mol. The lowest BCUT2D eigenvalue weighted by molar-refractivity contribution is -0.113. The van der Waals surface area contributed by atoms with E-state index in [1.807, 2.05) is 47.9 Å². The Balaban J connectivity index is 1.56. The van der Waals surface area contributed by atoms with Gasteiger partial charge in [0.05, 0.1) is 22.5 Å². The highest BCUT2D eigenvalue weighted by molar-refractivity contribution is 7.99. The van der Waals surface area contributed by atoms with E-state index in [0.717, 1.165) is 11.3 Å². The number of aromatic nitrogens is 3. The fraction of sp³-hybridized carbons (Fsp3) is 0.174. The third-order valence-corrected chi connectivity index (χ3v) is 7.60. The van der Waals surface area contributed by atoms with Crippen LogP contribution in [0.1, 0.15) is 11.3 Å². The summed E-state index contributed by atoms with van der Waals surface area (Å²) in [5, 5.41) is 11.9. The number of sulfonamides is 1. The number of benzene rings is 2. The van der Waals surface area contributed by atoms with Crippen LogP contribution in [0.15, 0.2) is 75.3 Å². The molecule has 0 aliphatic rings. The maximum Gasteiger partial charge on any atom is 0.240 e. The molecule has 0 aliphatic heterocycles. The Hall–Kier alpha value is -3.41. The van der Waals surface area contributed by atoms with Gasteiger partial charge in [0.25, 0.3) is 0 Å². The van der Waals surface area contributed by atoms with Gasteiger partial charge in [0.1, 0.15) is 5.76 Å². The minimum atomic E-state index is -3.64. The van der Waals surface area contributed by atoms with Gasteiger partial charge in [0.15, 0.2) is 11.0 Å². The number of para-hydroxylation sites is 1. The highest BCUT2D eigenvalue weighted by Crippen LogP contribution is 2.30. The van der Waals surface area contributed by atoms with Crippen LogP contribution >= 0.6 is 11.8 Å². The van der Waals surface area contributed by atoms with Crippen molar-refractivity contribution in [2.45, 2.75) is 23.9 Å². The molecule has 0 unspecified atom stereocenters. The molecule has 0 aliphatic carbocycles. The lowest BCUT2D eigenvalue weighted by atomic mass is 10.2. The zero-order valence-electron chi connectivity index (χ0n) is 18.8. The molecular formula is C23H23N5O4S2. The van der Waals surface area contributed by atoms with Crippen LogP contribution in [0.5, 0.6) is 0 Å². The fourth-order valence-electron chi connectivity index (χ4n) is 3.37. The number of nitrogens with one attached hydrogen (secondary N) is 2. The van der Waals surface area contributed by atoms with Gasteiger partial charge in [0, 0.05) is 11.4 Å². The summed E-state index contributed by atoms with van der Waals surface area (Å²) in [6.45, 7) is 3.55.